The predicted molar refractivity (Wildman–Crippen MR) is 94.7 cm³/mol. The van der Waals surface area contributed by atoms with E-state index in [2.05, 4.69) is 9.97 Å². The molecule has 0 unspecified atom stereocenters. The Morgan fingerprint density at radius 2 is 2.12 bits per heavy atom. The minimum atomic E-state index is -0.503. The fourth-order valence-corrected chi connectivity index (χ4v) is 3.68. The molecule has 1 saturated heterocycles. The van der Waals surface area contributed by atoms with Crippen LogP contribution in [0.25, 0.3) is 0 Å². The number of hydrogen-bond acceptors (Lipinski definition) is 6. The van der Waals surface area contributed by atoms with E-state index < -0.39 is 5.60 Å². The Morgan fingerprint density at radius 3 is 2.80 bits per heavy atom. The molecule has 0 bridgehead atoms. The lowest BCUT2D eigenvalue weighted by atomic mass is 9.89. The van der Waals surface area contributed by atoms with E-state index in [1.54, 1.807) is 11.2 Å². The zero-order chi connectivity index (χ0) is 18.2. The summed E-state index contributed by atoms with van der Waals surface area (Å²) in [5.74, 6) is 6.31. The van der Waals surface area contributed by atoms with Crippen molar-refractivity contribution in [2.45, 2.75) is 71.1 Å². The van der Waals surface area contributed by atoms with Gasteiger partial charge in [-0.2, -0.15) is 0 Å². The molecule has 0 aromatic carbocycles. The van der Waals surface area contributed by atoms with Gasteiger partial charge in [0.2, 0.25) is 0 Å². The van der Waals surface area contributed by atoms with Crippen LogP contribution in [-0.2, 0) is 17.7 Å². The number of piperidine rings is 1. The van der Waals surface area contributed by atoms with Gasteiger partial charge in [-0.05, 0) is 40.5 Å². The van der Waals surface area contributed by atoms with Crippen molar-refractivity contribution in [1.29, 1.82) is 0 Å². The standard InChI is InChI=1S/C18H29N5O2/c1-12-8-15-14(10-23(12)17(24)25-18(2,3)4)16(21-11-20-15)13-6-5-7-22(19)9-13/h11-13H,5-10,19H2,1-4H3/t12-,13+/m1/s1. The fraction of sp³-hybridized carbons (Fsp3) is 0.722. The Labute approximate surface area is 149 Å². The third-order valence-corrected chi connectivity index (χ3v) is 4.88. The van der Waals surface area contributed by atoms with Gasteiger partial charge in [0.1, 0.15) is 11.9 Å². The van der Waals surface area contributed by atoms with Crippen LogP contribution in [0.15, 0.2) is 6.33 Å². The summed E-state index contributed by atoms with van der Waals surface area (Å²) >= 11 is 0. The first-order chi connectivity index (χ1) is 11.7. The lowest BCUT2D eigenvalue weighted by Gasteiger charge is -2.37. The summed E-state index contributed by atoms with van der Waals surface area (Å²) in [5, 5.41) is 1.86. The molecule has 1 aromatic rings. The van der Waals surface area contributed by atoms with Crippen molar-refractivity contribution in [2.75, 3.05) is 13.1 Å². The molecule has 7 heteroatoms. The van der Waals surface area contributed by atoms with Crippen LogP contribution in [0.1, 0.15) is 63.4 Å². The van der Waals surface area contributed by atoms with Crippen molar-refractivity contribution in [3.05, 3.63) is 23.3 Å². The van der Waals surface area contributed by atoms with Crippen molar-refractivity contribution in [1.82, 2.24) is 19.9 Å². The monoisotopic (exact) mass is 347 g/mol. The summed E-state index contributed by atoms with van der Waals surface area (Å²) in [5.41, 5.74) is 2.66. The minimum Gasteiger partial charge on any atom is -0.444 e. The smallest absolute Gasteiger partial charge is 0.410 e. The van der Waals surface area contributed by atoms with Gasteiger partial charge in [-0.1, -0.05) is 0 Å². The topological polar surface area (TPSA) is 84.6 Å². The molecule has 0 saturated carbocycles. The third-order valence-electron chi connectivity index (χ3n) is 4.88. The van der Waals surface area contributed by atoms with E-state index in [9.17, 15) is 4.79 Å². The molecular formula is C18H29N5O2. The van der Waals surface area contributed by atoms with Crippen molar-refractivity contribution >= 4 is 6.09 Å². The molecular weight excluding hydrogens is 318 g/mol. The van der Waals surface area contributed by atoms with Crippen LogP contribution in [0.4, 0.5) is 4.79 Å². The van der Waals surface area contributed by atoms with E-state index in [1.165, 1.54) is 0 Å². The molecule has 0 aliphatic carbocycles. The zero-order valence-electron chi connectivity index (χ0n) is 15.7. The minimum absolute atomic E-state index is 0.0578. The van der Waals surface area contributed by atoms with Crippen molar-refractivity contribution in [2.24, 2.45) is 5.84 Å². The van der Waals surface area contributed by atoms with Gasteiger partial charge in [0.25, 0.3) is 0 Å². The van der Waals surface area contributed by atoms with E-state index in [0.29, 0.717) is 12.5 Å². The van der Waals surface area contributed by atoms with Gasteiger partial charge < -0.3 is 9.64 Å². The van der Waals surface area contributed by atoms with Gasteiger partial charge in [0, 0.05) is 37.0 Å². The second-order valence-corrected chi connectivity index (χ2v) is 8.18. The number of carbonyl (C=O) groups is 1. The van der Waals surface area contributed by atoms with Crippen LogP contribution < -0.4 is 5.84 Å². The molecule has 1 fully saturated rings. The van der Waals surface area contributed by atoms with Crippen LogP contribution in [0.3, 0.4) is 0 Å². The highest BCUT2D eigenvalue weighted by molar-refractivity contribution is 5.69. The molecule has 2 aliphatic heterocycles. The molecule has 1 aromatic heterocycles. The summed E-state index contributed by atoms with van der Waals surface area (Å²) in [6, 6.07) is 0.0578. The van der Waals surface area contributed by atoms with Gasteiger partial charge >= 0.3 is 6.09 Å². The first kappa shape index (κ1) is 18.1. The number of hydrogen-bond donors (Lipinski definition) is 1. The van der Waals surface area contributed by atoms with Crippen LogP contribution in [0, 0.1) is 0 Å². The molecule has 0 radical (unpaired) electrons. The maximum atomic E-state index is 12.6. The summed E-state index contributed by atoms with van der Waals surface area (Å²) in [4.78, 5) is 23.5. The molecule has 2 aliphatic rings. The highest BCUT2D eigenvalue weighted by atomic mass is 16.6. The van der Waals surface area contributed by atoms with Crippen LogP contribution in [-0.4, -0.2) is 50.7 Å². The number of aromatic nitrogens is 2. The summed E-state index contributed by atoms with van der Waals surface area (Å²) in [6.45, 7) is 9.93. The first-order valence-corrected chi connectivity index (χ1v) is 9.06. The summed E-state index contributed by atoms with van der Waals surface area (Å²) in [7, 11) is 0. The lowest BCUT2D eigenvalue weighted by Crippen LogP contribution is -2.46. The number of nitrogens with two attached hydrogens (primary N) is 1. The summed E-state index contributed by atoms with van der Waals surface area (Å²) < 4.78 is 5.58. The number of rotatable bonds is 1. The molecule has 0 spiro atoms. The van der Waals surface area contributed by atoms with E-state index in [1.807, 2.05) is 32.7 Å². The third kappa shape index (κ3) is 4.10. The number of amides is 1. The molecule has 3 heterocycles. The Hall–Kier alpha value is -1.73. The highest BCUT2D eigenvalue weighted by Gasteiger charge is 2.34. The normalized spacial score (nSPS) is 24.8. The number of ether oxygens (including phenoxy) is 1. The average molecular weight is 347 g/mol. The molecule has 25 heavy (non-hydrogen) atoms. The largest absolute Gasteiger partial charge is 0.444 e. The molecule has 1 amide bonds. The second kappa shape index (κ2) is 6.88. The van der Waals surface area contributed by atoms with Crippen molar-refractivity contribution < 1.29 is 9.53 Å². The molecule has 2 N–H and O–H groups in total. The van der Waals surface area contributed by atoms with E-state index in [0.717, 1.165) is 49.3 Å². The van der Waals surface area contributed by atoms with Crippen molar-refractivity contribution in [3.8, 4) is 0 Å². The molecule has 138 valence electrons. The van der Waals surface area contributed by atoms with E-state index >= 15 is 0 Å². The Kier molecular flexibility index (Phi) is 4.97. The maximum absolute atomic E-state index is 12.6. The SMILES string of the molecule is C[C@@H]1Cc2ncnc([C@H]3CCCN(N)C3)c2CN1C(=O)OC(C)(C)C. The number of nitrogens with zero attached hydrogens (tertiary/aromatic N) is 4. The van der Waals surface area contributed by atoms with Crippen LogP contribution in [0.2, 0.25) is 0 Å². The Balaban J connectivity index is 1.86. The number of hydrazine groups is 1. The van der Waals surface area contributed by atoms with Gasteiger partial charge in [0.05, 0.1) is 17.9 Å². The van der Waals surface area contributed by atoms with Gasteiger partial charge in [0.15, 0.2) is 0 Å². The van der Waals surface area contributed by atoms with Crippen LogP contribution in [0.5, 0.6) is 0 Å². The quantitative estimate of drug-likeness (QED) is 0.784. The fourth-order valence-electron chi connectivity index (χ4n) is 3.68. The average Bonchev–Trinajstić information content (AvgIpc) is 2.51. The van der Waals surface area contributed by atoms with Crippen molar-refractivity contribution in [3.63, 3.8) is 0 Å². The Morgan fingerprint density at radius 1 is 1.36 bits per heavy atom. The second-order valence-electron chi connectivity index (χ2n) is 8.18. The van der Waals surface area contributed by atoms with E-state index in [4.69, 9.17) is 10.6 Å². The van der Waals surface area contributed by atoms with Gasteiger partial charge in [-0.25, -0.2) is 19.8 Å². The highest BCUT2D eigenvalue weighted by Crippen LogP contribution is 2.32. The predicted octanol–water partition coefficient (Wildman–Crippen LogP) is 2.21. The number of fused-ring (bicyclic) bond motifs is 1. The lowest BCUT2D eigenvalue weighted by molar-refractivity contribution is 0.0134. The number of carbonyl (C=O) groups excluding carboxylic acids is 1. The summed E-state index contributed by atoms with van der Waals surface area (Å²) in [6.07, 6.45) is 4.23. The molecule has 2 atom stereocenters. The van der Waals surface area contributed by atoms with Gasteiger partial charge in [-0.15, -0.1) is 0 Å². The van der Waals surface area contributed by atoms with Crippen LogP contribution >= 0.6 is 0 Å². The molecule has 3 rings (SSSR count). The zero-order valence-corrected chi connectivity index (χ0v) is 15.7. The van der Waals surface area contributed by atoms with Gasteiger partial charge in [-0.3, -0.25) is 5.84 Å². The Bertz CT molecular complexity index is 643. The maximum Gasteiger partial charge on any atom is 0.410 e. The first-order valence-electron chi connectivity index (χ1n) is 9.06. The molecule has 7 nitrogen and oxygen atoms in total. The van der Waals surface area contributed by atoms with E-state index in [-0.39, 0.29) is 12.1 Å².